The number of hydrogen-bond acceptors (Lipinski definition) is 5. The topological polar surface area (TPSA) is 65.5 Å². The summed E-state index contributed by atoms with van der Waals surface area (Å²) < 4.78 is 17.6. The molecule has 7 heteroatoms. The quantitative estimate of drug-likeness (QED) is 0.678. The number of fused-ring (bicyclic) bond motifs is 1. The average Bonchev–Trinajstić information content (AvgIpc) is 2.49. The highest BCUT2D eigenvalue weighted by Gasteiger charge is 2.19. The third-order valence-corrected chi connectivity index (χ3v) is 3.42. The van der Waals surface area contributed by atoms with Gasteiger partial charge in [0.25, 0.3) is 5.56 Å². The Balaban J connectivity index is 2.99. The lowest BCUT2D eigenvalue weighted by Crippen LogP contribution is -2.22. The van der Waals surface area contributed by atoms with Crippen LogP contribution in [-0.2, 0) is 6.54 Å². The number of H-pyrrole nitrogens is 1. The largest absolute Gasteiger partial charge is 0.493 e. The molecule has 0 atom stereocenters. The van der Waals surface area contributed by atoms with Gasteiger partial charge in [-0.2, -0.15) is 0 Å². The zero-order chi connectivity index (χ0) is 15.6. The van der Waals surface area contributed by atoms with Crippen molar-refractivity contribution < 1.29 is 14.2 Å². The summed E-state index contributed by atoms with van der Waals surface area (Å²) in [5.41, 5.74) is 0.235. The Bertz CT molecular complexity index is 807. The molecule has 0 bridgehead atoms. The minimum atomic E-state index is -0.243. The van der Waals surface area contributed by atoms with Crippen LogP contribution in [0.2, 0.25) is 0 Å². The highest BCUT2D eigenvalue weighted by atomic mass is 32.1. The Hall–Kier alpha value is -2.28. The van der Waals surface area contributed by atoms with Crippen molar-refractivity contribution in [1.29, 1.82) is 0 Å². The molecule has 1 aromatic carbocycles. The number of methoxy groups -OCH3 is 3. The summed E-state index contributed by atoms with van der Waals surface area (Å²) >= 11 is 5.21. The van der Waals surface area contributed by atoms with Crippen molar-refractivity contribution in [3.8, 4) is 17.2 Å². The van der Waals surface area contributed by atoms with Crippen molar-refractivity contribution >= 4 is 23.1 Å². The van der Waals surface area contributed by atoms with Gasteiger partial charge in [-0.25, -0.2) is 0 Å². The van der Waals surface area contributed by atoms with E-state index in [-0.39, 0.29) is 10.3 Å². The van der Waals surface area contributed by atoms with Crippen LogP contribution in [0, 0.1) is 4.77 Å². The van der Waals surface area contributed by atoms with Gasteiger partial charge >= 0.3 is 0 Å². The van der Waals surface area contributed by atoms with Crippen molar-refractivity contribution in [3.63, 3.8) is 0 Å². The van der Waals surface area contributed by atoms with Gasteiger partial charge in [-0.15, -0.1) is 6.58 Å². The van der Waals surface area contributed by atoms with Crippen LogP contribution in [0.5, 0.6) is 17.2 Å². The Morgan fingerprint density at radius 2 is 1.95 bits per heavy atom. The lowest BCUT2D eigenvalue weighted by atomic mass is 10.2. The van der Waals surface area contributed by atoms with Crippen LogP contribution >= 0.6 is 12.2 Å². The summed E-state index contributed by atoms with van der Waals surface area (Å²) in [6.07, 6.45) is 1.61. The smallest absolute Gasteiger partial charge is 0.262 e. The Morgan fingerprint density at radius 1 is 1.29 bits per heavy atom. The second-order valence-corrected chi connectivity index (χ2v) is 4.59. The number of aromatic nitrogens is 2. The molecule has 0 radical (unpaired) electrons. The number of hydrogen-bond donors (Lipinski definition) is 1. The van der Waals surface area contributed by atoms with Crippen molar-refractivity contribution in [1.82, 2.24) is 9.55 Å². The summed E-state index contributed by atoms with van der Waals surface area (Å²) in [5.74, 6) is 1.19. The number of rotatable bonds is 5. The maximum absolute atomic E-state index is 12.6. The van der Waals surface area contributed by atoms with E-state index in [1.807, 2.05) is 0 Å². The fourth-order valence-corrected chi connectivity index (χ4v) is 2.42. The molecule has 1 heterocycles. The minimum absolute atomic E-state index is 0.243. The van der Waals surface area contributed by atoms with Gasteiger partial charge in [0.2, 0.25) is 5.75 Å². The number of benzene rings is 1. The fraction of sp³-hybridized carbons (Fsp3) is 0.286. The molecule has 2 aromatic rings. The van der Waals surface area contributed by atoms with Gasteiger partial charge < -0.3 is 19.2 Å². The Labute approximate surface area is 126 Å². The molecule has 1 aromatic heterocycles. The zero-order valence-corrected chi connectivity index (χ0v) is 12.9. The summed E-state index contributed by atoms with van der Waals surface area (Å²) in [4.78, 5) is 15.6. The van der Waals surface area contributed by atoms with Crippen molar-refractivity contribution in [3.05, 3.63) is 33.8 Å². The first-order chi connectivity index (χ1) is 10.1. The fourth-order valence-electron chi connectivity index (χ4n) is 2.16. The lowest BCUT2D eigenvalue weighted by molar-refractivity contribution is 0.326. The molecule has 0 fully saturated rings. The molecule has 0 saturated carbocycles. The third kappa shape index (κ3) is 2.40. The SMILES string of the molecule is C=CCn1c(=S)[nH]c2c(OC)c(OC)c(OC)cc2c1=O. The van der Waals surface area contributed by atoms with E-state index in [0.29, 0.717) is 34.7 Å². The standard InChI is InChI=1S/C14H16N2O4S/c1-5-6-16-13(17)8-7-9(18-2)11(19-3)12(20-4)10(8)15-14(16)21/h5,7H,1,6H2,2-4H3,(H,15,21). The first-order valence-corrected chi connectivity index (χ1v) is 6.56. The number of nitrogens with zero attached hydrogens (tertiary/aromatic N) is 1. The second kappa shape index (κ2) is 6.01. The van der Waals surface area contributed by atoms with Gasteiger partial charge in [0, 0.05) is 6.54 Å². The molecule has 0 spiro atoms. The highest BCUT2D eigenvalue weighted by Crippen LogP contribution is 2.41. The molecule has 0 amide bonds. The van der Waals surface area contributed by atoms with E-state index in [2.05, 4.69) is 11.6 Å². The van der Waals surface area contributed by atoms with E-state index in [0.717, 1.165) is 0 Å². The van der Waals surface area contributed by atoms with Gasteiger partial charge in [-0.1, -0.05) is 6.08 Å². The van der Waals surface area contributed by atoms with Gasteiger partial charge in [-0.3, -0.25) is 9.36 Å². The molecule has 21 heavy (non-hydrogen) atoms. The molecule has 0 unspecified atom stereocenters. The van der Waals surface area contributed by atoms with Crippen molar-refractivity contribution in [2.75, 3.05) is 21.3 Å². The van der Waals surface area contributed by atoms with Gasteiger partial charge in [-0.05, 0) is 18.3 Å². The molecule has 6 nitrogen and oxygen atoms in total. The molecule has 1 N–H and O–H groups in total. The van der Waals surface area contributed by atoms with Gasteiger partial charge in [0.1, 0.15) is 5.52 Å². The maximum atomic E-state index is 12.6. The van der Waals surface area contributed by atoms with E-state index in [9.17, 15) is 4.79 Å². The molecular weight excluding hydrogens is 292 g/mol. The number of aromatic amines is 1. The molecule has 2 rings (SSSR count). The Morgan fingerprint density at radius 3 is 2.48 bits per heavy atom. The van der Waals surface area contributed by atoms with Gasteiger partial charge in [0.15, 0.2) is 16.3 Å². The summed E-state index contributed by atoms with van der Waals surface area (Å²) in [7, 11) is 4.49. The average molecular weight is 308 g/mol. The van der Waals surface area contributed by atoms with Crippen molar-refractivity contribution in [2.45, 2.75) is 6.54 Å². The molecule has 0 aliphatic rings. The minimum Gasteiger partial charge on any atom is -0.493 e. The third-order valence-electron chi connectivity index (χ3n) is 3.09. The monoisotopic (exact) mass is 308 g/mol. The van der Waals surface area contributed by atoms with E-state index >= 15 is 0 Å². The van der Waals surface area contributed by atoms with Crippen LogP contribution in [0.1, 0.15) is 0 Å². The van der Waals surface area contributed by atoms with E-state index in [1.54, 1.807) is 12.1 Å². The van der Waals surface area contributed by atoms with Crippen LogP contribution in [0.25, 0.3) is 10.9 Å². The van der Waals surface area contributed by atoms with Crippen LogP contribution in [-0.4, -0.2) is 30.9 Å². The van der Waals surface area contributed by atoms with Crippen LogP contribution in [0.3, 0.4) is 0 Å². The van der Waals surface area contributed by atoms with E-state index in [4.69, 9.17) is 26.4 Å². The first-order valence-electron chi connectivity index (χ1n) is 6.15. The normalized spacial score (nSPS) is 10.4. The zero-order valence-electron chi connectivity index (χ0n) is 12.1. The predicted molar refractivity (Wildman–Crippen MR) is 83.2 cm³/mol. The molecular formula is C14H16N2O4S. The van der Waals surface area contributed by atoms with Crippen LogP contribution in [0.15, 0.2) is 23.5 Å². The summed E-state index contributed by atoms with van der Waals surface area (Å²) in [5, 5.41) is 0.403. The predicted octanol–water partition coefficient (Wildman–Crippen LogP) is 2.27. The van der Waals surface area contributed by atoms with Crippen molar-refractivity contribution in [2.24, 2.45) is 0 Å². The maximum Gasteiger partial charge on any atom is 0.262 e. The Kier molecular flexibility index (Phi) is 4.32. The number of ether oxygens (including phenoxy) is 3. The van der Waals surface area contributed by atoms with Crippen LogP contribution < -0.4 is 19.8 Å². The number of allylic oxidation sites excluding steroid dienone is 1. The summed E-state index contributed by atoms with van der Waals surface area (Å²) in [6.45, 7) is 3.94. The van der Waals surface area contributed by atoms with Crippen LogP contribution in [0.4, 0.5) is 0 Å². The molecule has 0 saturated heterocycles. The second-order valence-electron chi connectivity index (χ2n) is 4.20. The molecule has 0 aliphatic carbocycles. The lowest BCUT2D eigenvalue weighted by Gasteiger charge is -2.15. The molecule has 112 valence electrons. The summed E-state index contributed by atoms with van der Waals surface area (Å²) in [6, 6.07) is 1.60. The molecule has 0 aliphatic heterocycles. The first kappa shape index (κ1) is 15.1. The van der Waals surface area contributed by atoms with E-state index < -0.39 is 0 Å². The highest BCUT2D eigenvalue weighted by molar-refractivity contribution is 7.71. The van der Waals surface area contributed by atoms with E-state index in [1.165, 1.54) is 25.9 Å². The number of nitrogens with one attached hydrogen (secondary N) is 1. The van der Waals surface area contributed by atoms with Gasteiger partial charge in [0.05, 0.1) is 26.7 Å².